The number of benzene rings is 2. The van der Waals surface area contributed by atoms with Crippen LogP contribution in [0.25, 0.3) is 0 Å². The van der Waals surface area contributed by atoms with Gasteiger partial charge in [0.1, 0.15) is 11.5 Å². The molecule has 0 bridgehead atoms. The smallest absolute Gasteiger partial charge is 0.255 e. The molecule has 1 fully saturated rings. The molecule has 8 heteroatoms. The van der Waals surface area contributed by atoms with Crippen LogP contribution in [-0.2, 0) is 11.8 Å². The summed E-state index contributed by atoms with van der Waals surface area (Å²) < 4.78 is 15.6. The van der Waals surface area contributed by atoms with Crippen LogP contribution < -0.4 is 24.8 Å². The van der Waals surface area contributed by atoms with Crippen LogP contribution >= 0.6 is 11.9 Å². The normalized spacial score (nSPS) is 14.1. The number of carbonyl (C=O) groups excluding carboxylic acids is 1. The van der Waals surface area contributed by atoms with E-state index in [2.05, 4.69) is 61.0 Å². The van der Waals surface area contributed by atoms with Crippen LogP contribution in [-0.4, -0.2) is 36.8 Å². The highest BCUT2D eigenvalue weighted by Crippen LogP contribution is 2.40. The summed E-state index contributed by atoms with van der Waals surface area (Å²) in [5, 5.41) is 6.53. The van der Waals surface area contributed by atoms with Crippen molar-refractivity contribution < 1.29 is 14.3 Å². The van der Waals surface area contributed by atoms with Gasteiger partial charge in [0.2, 0.25) is 0 Å². The Balaban J connectivity index is 1.55. The largest absolute Gasteiger partial charge is 0.492 e. The topological polar surface area (TPSA) is 84.5 Å². The monoisotopic (exact) mass is 590 g/mol. The fraction of sp³-hybridized carbons (Fsp3) is 0.471. The second kappa shape index (κ2) is 14.3. The number of hydrogen-bond donors (Lipinski definition) is 3. The third-order valence-corrected chi connectivity index (χ3v) is 8.63. The third kappa shape index (κ3) is 8.65. The van der Waals surface area contributed by atoms with Gasteiger partial charge in [-0.3, -0.25) is 9.78 Å². The van der Waals surface area contributed by atoms with E-state index in [-0.39, 0.29) is 11.3 Å². The molecule has 1 aliphatic heterocycles. The van der Waals surface area contributed by atoms with Gasteiger partial charge < -0.3 is 24.8 Å². The van der Waals surface area contributed by atoms with Crippen LogP contribution in [0.5, 0.6) is 17.2 Å². The zero-order valence-corrected chi connectivity index (χ0v) is 26.9. The summed E-state index contributed by atoms with van der Waals surface area (Å²) in [6.45, 7) is 15.0. The Hall–Kier alpha value is -3.23. The van der Waals surface area contributed by atoms with Crippen LogP contribution in [0.4, 0.5) is 11.4 Å². The van der Waals surface area contributed by atoms with Gasteiger partial charge in [0.05, 0.1) is 18.5 Å². The van der Waals surface area contributed by atoms with Crippen LogP contribution in [0.1, 0.15) is 74.6 Å². The second-order valence-electron chi connectivity index (χ2n) is 12.6. The van der Waals surface area contributed by atoms with Crippen molar-refractivity contribution in [3.8, 4) is 17.2 Å². The third-order valence-electron chi connectivity index (χ3n) is 7.43. The van der Waals surface area contributed by atoms with Crippen molar-refractivity contribution in [2.24, 2.45) is 11.8 Å². The number of rotatable bonds is 11. The fourth-order valence-electron chi connectivity index (χ4n) is 4.92. The molecule has 1 amide bonds. The highest BCUT2D eigenvalue weighted by Gasteiger charge is 2.22. The van der Waals surface area contributed by atoms with E-state index >= 15 is 0 Å². The van der Waals surface area contributed by atoms with E-state index in [0.717, 1.165) is 53.5 Å². The van der Waals surface area contributed by atoms with E-state index in [1.54, 1.807) is 31.3 Å². The molecule has 42 heavy (non-hydrogen) atoms. The summed E-state index contributed by atoms with van der Waals surface area (Å²) in [5.41, 5.74) is 4.94. The molecule has 0 unspecified atom stereocenters. The molecule has 1 aliphatic rings. The van der Waals surface area contributed by atoms with Crippen molar-refractivity contribution in [1.82, 2.24) is 10.3 Å². The minimum absolute atomic E-state index is 0.118. The second-order valence-corrected chi connectivity index (χ2v) is 13.4. The predicted octanol–water partition coefficient (Wildman–Crippen LogP) is 8.00. The highest BCUT2D eigenvalue weighted by molar-refractivity contribution is 8.00. The van der Waals surface area contributed by atoms with Gasteiger partial charge in [-0.2, -0.15) is 0 Å². The van der Waals surface area contributed by atoms with E-state index < -0.39 is 0 Å². The number of piperidine rings is 1. The maximum absolute atomic E-state index is 13.6. The summed E-state index contributed by atoms with van der Waals surface area (Å²) in [4.78, 5) is 18.2. The minimum atomic E-state index is -0.230. The average molecular weight is 591 g/mol. The van der Waals surface area contributed by atoms with E-state index in [0.29, 0.717) is 34.6 Å². The van der Waals surface area contributed by atoms with Gasteiger partial charge in [0.25, 0.3) is 5.91 Å². The molecule has 2 aromatic carbocycles. The van der Waals surface area contributed by atoms with Crippen LogP contribution in [0.3, 0.4) is 0 Å². The molecule has 0 spiro atoms. The lowest BCUT2D eigenvalue weighted by Gasteiger charge is -2.24. The molecule has 3 N–H and O–H groups in total. The first-order valence-electron chi connectivity index (χ1n) is 14.9. The summed E-state index contributed by atoms with van der Waals surface area (Å²) in [7, 11) is 1.63. The van der Waals surface area contributed by atoms with Crippen molar-refractivity contribution >= 4 is 29.2 Å². The Morgan fingerprint density at radius 2 is 1.83 bits per heavy atom. The number of methoxy groups -OCH3 is 1. The van der Waals surface area contributed by atoms with Gasteiger partial charge in [0, 0.05) is 29.3 Å². The molecular weight excluding hydrogens is 544 g/mol. The number of nitrogens with one attached hydrogen (secondary N) is 3. The van der Waals surface area contributed by atoms with E-state index in [1.807, 2.05) is 37.3 Å². The maximum atomic E-state index is 13.6. The molecule has 1 aromatic heterocycles. The van der Waals surface area contributed by atoms with Gasteiger partial charge in [-0.15, -0.1) is 0 Å². The van der Waals surface area contributed by atoms with Crippen LogP contribution in [0.2, 0.25) is 0 Å². The lowest BCUT2D eigenvalue weighted by molar-refractivity contribution is 0.102. The number of aryl methyl sites for hydroxylation is 1. The molecular formula is C34H46N4O3S. The van der Waals surface area contributed by atoms with Gasteiger partial charge in [-0.1, -0.05) is 52.6 Å². The maximum Gasteiger partial charge on any atom is 0.255 e. The minimum Gasteiger partial charge on any atom is -0.492 e. The van der Waals surface area contributed by atoms with Crippen molar-refractivity contribution in [2.75, 3.05) is 36.0 Å². The quantitative estimate of drug-likeness (QED) is 0.195. The molecule has 226 valence electrons. The lowest BCUT2D eigenvalue weighted by atomic mass is 9.86. The average Bonchev–Trinajstić information content (AvgIpc) is 2.94. The number of nitrogens with zero attached hydrogens (tertiary/aromatic N) is 1. The van der Waals surface area contributed by atoms with Crippen LogP contribution in [0.15, 0.2) is 48.7 Å². The van der Waals surface area contributed by atoms with Gasteiger partial charge in [0.15, 0.2) is 5.75 Å². The SMILES string of the molecule is COc1c(NSCC(C)C)cc(C(C)(C)C)cc1NC(=O)c1ccc(C)c(Oc2ccnc(CC3CCNCC3)c2)c1. The Morgan fingerprint density at radius 1 is 1.10 bits per heavy atom. The predicted molar refractivity (Wildman–Crippen MR) is 175 cm³/mol. The molecule has 1 saturated heterocycles. The zero-order chi connectivity index (χ0) is 30.3. The first-order chi connectivity index (χ1) is 20.0. The van der Waals surface area contributed by atoms with Crippen molar-refractivity contribution in [1.29, 1.82) is 0 Å². The number of ether oxygens (including phenoxy) is 2. The summed E-state index contributed by atoms with van der Waals surface area (Å²) in [6.07, 6.45) is 5.08. The first kappa shape index (κ1) is 31.7. The van der Waals surface area contributed by atoms with Crippen molar-refractivity contribution in [2.45, 2.75) is 66.2 Å². The number of carbonyl (C=O) groups is 1. The number of amides is 1. The van der Waals surface area contributed by atoms with E-state index in [9.17, 15) is 4.79 Å². The Morgan fingerprint density at radius 3 is 2.52 bits per heavy atom. The van der Waals surface area contributed by atoms with E-state index in [4.69, 9.17) is 9.47 Å². The Kier molecular flexibility index (Phi) is 10.8. The molecule has 0 atom stereocenters. The highest BCUT2D eigenvalue weighted by atomic mass is 32.2. The number of pyridine rings is 1. The van der Waals surface area contributed by atoms with Gasteiger partial charge >= 0.3 is 0 Å². The molecule has 3 aromatic rings. The van der Waals surface area contributed by atoms with Crippen LogP contribution in [0, 0.1) is 18.8 Å². The van der Waals surface area contributed by atoms with E-state index in [1.165, 1.54) is 12.8 Å². The van der Waals surface area contributed by atoms with Crippen molar-refractivity contribution in [3.63, 3.8) is 0 Å². The molecule has 2 heterocycles. The fourth-order valence-corrected chi connectivity index (χ4v) is 5.65. The number of anilines is 2. The lowest BCUT2D eigenvalue weighted by Crippen LogP contribution is -2.28. The Labute approximate surface area is 255 Å². The van der Waals surface area contributed by atoms with Gasteiger partial charge in [-0.05, 0) is 98.0 Å². The molecule has 0 saturated carbocycles. The first-order valence-corrected chi connectivity index (χ1v) is 15.9. The number of aromatic nitrogens is 1. The molecule has 7 nitrogen and oxygen atoms in total. The summed E-state index contributed by atoms with van der Waals surface area (Å²) in [6, 6.07) is 13.5. The number of hydrogen-bond acceptors (Lipinski definition) is 7. The Bertz CT molecular complexity index is 1360. The molecule has 0 radical (unpaired) electrons. The zero-order valence-electron chi connectivity index (χ0n) is 26.1. The summed E-state index contributed by atoms with van der Waals surface area (Å²) in [5.74, 6) is 3.88. The summed E-state index contributed by atoms with van der Waals surface area (Å²) >= 11 is 1.64. The molecule has 0 aliphatic carbocycles. The standard InChI is InChI=1S/C34H46N4O3S/c1-22(2)21-42-38-30-19-26(34(4,5)6)18-29(32(30)40-7)37-33(39)25-9-8-23(3)31(17-25)41-28-12-15-36-27(20-28)16-24-10-13-35-14-11-24/h8-9,12,15,17-20,22,24,35,38H,10-11,13-14,16,21H2,1-7H3,(H,37,39). The van der Waals surface area contributed by atoms with Crippen molar-refractivity contribution in [3.05, 3.63) is 71.0 Å². The van der Waals surface area contributed by atoms with Gasteiger partial charge in [-0.25, -0.2) is 0 Å². The molecule has 4 rings (SSSR count).